The van der Waals surface area contributed by atoms with Crippen molar-refractivity contribution in [1.29, 1.82) is 0 Å². The van der Waals surface area contributed by atoms with E-state index in [0.29, 0.717) is 17.9 Å². The Morgan fingerprint density at radius 2 is 2.11 bits per heavy atom. The van der Waals surface area contributed by atoms with Crippen LogP contribution in [0.15, 0.2) is 17.2 Å². The van der Waals surface area contributed by atoms with Crippen molar-refractivity contribution >= 4 is 5.82 Å². The first-order valence-electron chi connectivity index (χ1n) is 7.41. The van der Waals surface area contributed by atoms with Gasteiger partial charge in [0.25, 0.3) is 5.56 Å². The summed E-state index contributed by atoms with van der Waals surface area (Å²) >= 11 is 0. The van der Waals surface area contributed by atoms with E-state index in [1.54, 1.807) is 12.4 Å². The molecule has 1 fully saturated rings. The average Bonchev–Trinajstić information content (AvgIpc) is 3.15. The largest absolute Gasteiger partial charge is 0.363 e. The average molecular weight is 263 g/mol. The van der Waals surface area contributed by atoms with Crippen LogP contribution in [0.4, 0.5) is 5.82 Å². The summed E-state index contributed by atoms with van der Waals surface area (Å²) in [5.74, 6) is 1.25. The highest BCUT2D eigenvalue weighted by atomic mass is 16.1. The Balaban J connectivity index is 1.91. The van der Waals surface area contributed by atoms with Crippen molar-refractivity contribution in [3.05, 3.63) is 22.7 Å². The molecule has 1 aromatic rings. The van der Waals surface area contributed by atoms with Crippen molar-refractivity contribution in [2.45, 2.75) is 65.0 Å². The summed E-state index contributed by atoms with van der Waals surface area (Å²) in [5.41, 5.74) is 0.0284. The van der Waals surface area contributed by atoms with Crippen LogP contribution >= 0.6 is 0 Å². The molecule has 1 aliphatic rings. The molecule has 0 radical (unpaired) electrons. The van der Waals surface area contributed by atoms with Gasteiger partial charge in [0.15, 0.2) is 5.82 Å². The lowest BCUT2D eigenvalue weighted by Gasteiger charge is -2.15. The second kappa shape index (κ2) is 6.22. The predicted octanol–water partition coefficient (Wildman–Crippen LogP) is 3.20. The van der Waals surface area contributed by atoms with E-state index in [1.807, 2.05) is 4.57 Å². The van der Waals surface area contributed by atoms with Crippen LogP contribution < -0.4 is 10.9 Å². The van der Waals surface area contributed by atoms with E-state index in [4.69, 9.17) is 0 Å². The molecule has 2 rings (SSSR count). The van der Waals surface area contributed by atoms with Crippen molar-refractivity contribution < 1.29 is 0 Å². The van der Waals surface area contributed by atoms with E-state index in [2.05, 4.69) is 31.1 Å². The van der Waals surface area contributed by atoms with Crippen LogP contribution in [-0.2, 0) is 0 Å². The molecule has 106 valence electrons. The summed E-state index contributed by atoms with van der Waals surface area (Å²) in [5, 5.41) is 3.26. The van der Waals surface area contributed by atoms with E-state index in [-0.39, 0.29) is 5.56 Å². The van der Waals surface area contributed by atoms with Gasteiger partial charge in [-0.25, -0.2) is 4.98 Å². The molecule has 1 saturated carbocycles. The predicted molar refractivity (Wildman–Crippen MR) is 78.5 cm³/mol. The van der Waals surface area contributed by atoms with E-state index >= 15 is 0 Å². The van der Waals surface area contributed by atoms with Gasteiger partial charge in [0, 0.05) is 24.5 Å². The fourth-order valence-corrected chi connectivity index (χ4v) is 2.30. The Labute approximate surface area is 115 Å². The smallest absolute Gasteiger partial charge is 0.293 e. The molecule has 1 N–H and O–H groups in total. The van der Waals surface area contributed by atoms with Crippen LogP contribution in [-0.4, -0.2) is 15.6 Å². The van der Waals surface area contributed by atoms with E-state index < -0.39 is 0 Å². The second-order valence-electron chi connectivity index (χ2n) is 6.09. The van der Waals surface area contributed by atoms with Crippen LogP contribution in [0.1, 0.15) is 58.9 Å². The SMILES string of the molecule is CC(C)CCCC(C)Nc1nccn(C2CC2)c1=O. The molecule has 1 atom stereocenters. The van der Waals surface area contributed by atoms with Gasteiger partial charge in [-0.2, -0.15) is 0 Å². The Morgan fingerprint density at radius 3 is 2.74 bits per heavy atom. The Hall–Kier alpha value is -1.32. The van der Waals surface area contributed by atoms with Gasteiger partial charge < -0.3 is 9.88 Å². The number of hydrogen-bond donors (Lipinski definition) is 1. The number of hydrogen-bond acceptors (Lipinski definition) is 3. The molecule has 0 amide bonds. The first-order chi connectivity index (χ1) is 9.08. The van der Waals surface area contributed by atoms with Gasteiger partial charge in [-0.1, -0.05) is 26.7 Å². The Bertz CT molecular complexity index is 463. The zero-order valence-corrected chi connectivity index (χ0v) is 12.2. The minimum absolute atomic E-state index is 0.0284. The number of anilines is 1. The maximum Gasteiger partial charge on any atom is 0.293 e. The van der Waals surface area contributed by atoms with Gasteiger partial charge in [0.05, 0.1) is 0 Å². The minimum atomic E-state index is 0.0284. The fourth-order valence-electron chi connectivity index (χ4n) is 2.30. The van der Waals surface area contributed by atoms with Gasteiger partial charge in [-0.05, 0) is 32.1 Å². The molecule has 4 heteroatoms. The van der Waals surface area contributed by atoms with Gasteiger partial charge in [0.1, 0.15) is 0 Å². The lowest BCUT2D eigenvalue weighted by Crippen LogP contribution is -2.27. The van der Waals surface area contributed by atoms with Crippen LogP contribution in [0.2, 0.25) is 0 Å². The summed E-state index contributed by atoms with van der Waals surface area (Å²) in [7, 11) is 0. The maximum atomic E-state index is 12.2. The molecule has 1 aromatic heterocycles. The molecular weight excluding hydrogens is 238 g/mol. The van der Waals surface area contributed by atoms with Gasteiger partial charge in [-0.3, -0.25) is 4.79 Å². The zero-order chi connectivity index (χ0) is 13.8. The topological polar surface area (TPSA) is 46.9 Å². The number of nitrogens with one attached hydrogen (secondary N) is 1. The molecule has 0 aliphatic heterocycles. The molecule has 1 unspecified atom stereocenters. The number of aromatic nitrogens is 2. The molecule has 1 heterocycles. The van der Waals surface area contributed by atoms with Crippen LogP contribution in [0.3, 0.4) is 0 Å². The molecule has 1 aliphatic carbocycles. The summed E-state index contributed by atoms with van der Waals surface area (Å²) < 4.78 is 1.82. The van der Waals surface area contributed by atoms with Crippen molar-refractivity contribution in [2.75, 3.05) is 5.32 Å². The zero-order valence-electron chi connectivity index (χ0n) is 12.2. The minimum Gasteiger partial charge on any atom is -0.363 e. The number of nitrogens with zero attached hydrogens (tertiary/aromatic N) is 2. The van der Waals surface area contributed by atoms with Gasteiger partial charge >= 0.3 is 0 Å². The lowest BCUT2D eigenvalue weighted by molar-refractivity contribution is 0.519. The third kappa shape index (κ3) is 4.08. The molecule has 0 bridgehead atoms. The van der Waals surface area contributed by atoms with Crippen LogP contribution in [0, 0.1) is 5.92 Å². The van der Waals surface area contributed by atoms with E-state index in [0.717, 1.165) is 25.2 Å². The summed E-state index contributed by atoms with van der Waals surface area (Å²) in [4.78, 5) is 16.4. The Morgan fingerprint density at radius 1 is 1.37 bits per heavy atom. The highest BCUT2D eigenvalue weighted by Gasteiger charge is 2.25. The van der Waals surface area contributed by atoms with Gasteiger partial charge in [0.2, 0.25) is 0 Å². The normalized spacial score (nSPS) is 16.6. The second-order valence-corrected chi connectivity index (χ2v) is 6.09. The Kier molecular flexibility index (Phi) is 4.61. The molecule has 4 nitrogen and oxygen atoms in total. The fraction of sp³-hybridized carbons (Fsp3) is 0.733. The van der Waals surface area contributed by atoms with Crippen molar-refractivity contribution in [3.63, 3.8) is 0 Å². The van der Waals surface area contributed by atoms with Crippen LogP contribution in [0.5, 0.6) is 0 Å². The first-order valence-corrected chi connectivity index (χ1v) is 7.41. The standard InChI is InChI=1S/C15H25N3O/c1-11(2)5-4-6-12(3)17-14-15(19)18(10-9-16-14)13-7-8-13/h9-13H,4-8H2,1-3H3,(H,16,17). The molecular formula is C15H25N3O. The molecule has 0 spiro atoms. The van der Waals surface area contributed by atoms with E-state index in [1.165, 1.54) is 12.8 Å². The molecule has 0 aromatic carbocycles. The summed E-state index contributed by atoms with van der Waals surface area (Å²) in [6, 6.07) is 0.710. The summed E-state index contributed by atoms with van der Waals surface area (Å²) in [6.45, 7) is 6.60. The summed E-state index contributed by atoms with van der Waals surface area (Å²) in [6.07, 6.45) is 9.27. The van der Waals surface area contributed by atoms with Crippen molar-refractivity contribution in [2.24, 2.45) is 5.92 Å². The van der Waals surface area contributed by atoms with E-state index in [9.17, 15) is 4.79 Å². The monoisotopic (exact) mass is 263 g/mol. The lowest BCUT2D eigenvalue weighted by atomic mass is 10.0. The van der Waals surface area contributed by atoms with Gasteiger partial charge in [-0.15, -0.1) is 0 Å². The van der Waals surface area contributed by atoms with Crippen molar-refractivity contribution in [1.82, 2.24) is 9.55 Å². The molecule has 19 heavy (non-hydrogen) atoms. The number of rotatable bonds is 7. The van der Waals surface area contributed by atoms with Crippen molar-refractivity contribution in [3.8, 4) is 0 Å². The third-order valence-electron chi connectivity index (χ3n) is 3.61. The maximum absolute atomic E-state index is 12.2. The molecule has 0 saturated heterocycles. The highest BCUT2D eigenvalue weighted by Crippen LogP contribution is 2.33. The highest BCUT2D eigenvalue weighted by molar-refractivity contribution is 5.32. The van der Waals surface area contributed by atoms with Crippen LogP contribution in [0.25, 0.3) is 0 Å². The third-order valence-corrected chi connectivity index (χ3v) is 3.61. The first kappa shape index (κ1) is 14.1. The quantitative estimate of drug-likeness (QED) is 0.821.